The summed E-state index contributed by atoms with van der Waals surface area (Å²) in [6.07, 6.45) is 1.85. The average Bonchev–Trinajstić information content (AvgIpc) is 3.38. The molecule has 9 heteroatoms. The van der Waals surface area contributed by atoms with Crippen LogP contribution in [-0.4, -0.2) is 75.1 Å². The summed E-state index contributed by atoms with van der Waals surface area (Å²) in [6.45, 7) is 3.71. The van der Waals surface area contributed by atoms with Gasteiger partial charge in [0.2, 0.25) is 0 Å². The SMILES string of the molecule is CCOC(=O)C1CCN(CC(=O)N2N=C(c3ccccc3OC)CC2c2cc(OC)ccc2OC)CC1. The van der Waals surface area contributed by atoms with E-state index in [0.717, 1.165) is 16.8 Å². The summed E-state index contributed by atoms with van der Waals surface area (Å²) in [5.74, 6) is 1.67. The van der Waals surface area contributed by atoms with Gasteiger partial charge < -0.3 is 18.9 Å². The molecule has 1 amide bonds. The number of para-hydroxylation sites is 1. The number of rotatable bonds is 9. The Hall–Kier alpha value is -3.59. The maximum Gasteiger partial charge on any atom is 0.309 e. The molecule has 0 radical (unpaired) electrons. The van der Waals surface area contributed by atoms with Gasteiger partial charge >= 0.3 is 5.97 Å². The monoisotopic (exact) mass is 509 g/mol. The van der Waals surface area contributed by atoms with Gasteiger partial charge in [-0.2, -0.15) is 5.10 Å². The number of piperidine rings is 1. The van der Waals surface area contributed by atoms with Gasteiger partial charge in [-0.25, -0.2) is 5.01 Å². The van der Waals surface area contributed by atoms with E-state index in [2.05, 4.69) is 4.90 Å². The van der Waals surface area contributed by atoms with Gasteiger partial charge in [-0.3, -0.25) is 14.5 Å². The fourth-order valence-electron chi connectivity index (χ4n) is 4.98. The largest absolute Gasteiger partial charge is 0.497 e. The Bertz CT molecular complexity index is 1140. The van der Waals surface area contributed by atoms with Crippen LogP contribution in [0.1, 0.15) is 43.4 Å². The molecule has 1 fully saturated rings. The highest BCUT2D eigenvalue weighted by Gasteiger charge is 2.37. The van der Waals surface area contributed by atoms with Gasteiger partial charge in [0.05, 0.1) is 52.2 Å². The van der Waals surface area contributed by atoms with Gasteiger partial charge in [-0.1, -0.05) is 12.1 Å². The summed E-state index contributed by atoms with van der Waals surface area (Å²) in [4.78, 5) is 27.9. The van der Waals surface area contributed by atoms with Gasteiger partial charge in [-0.15, -0.1) is 0 Å². The number of amides is 1. The van der Waals surface area contributed by atoms with Crippen molar-refractivity contribution in [1.82, 2.24) is 9.91 Å². The Morgan fingerprint density at radius 2 is 1.70 bits per heavy atom. The summed E-state index contributed by atoms with van der Waals surface area (Å²) in [7, 11) is 4.85. The number of hydrogen-bond acceptors (Lipinski definition) is 8. The van der Waals surface area contributed by atoms with Crippen molar-refractivity contribution in [2.24, 2.45) is 11.0 Å². The molecule has 2 heterocycles. The molecule has 0 bridgehead atoms. The van der Waals surface area contributed by atoms with Crippen molar-refractivity contribution in [3.05, 3.63) is 53.6 Å². The second kappa shape index (κ2) is 12.1. The average molecular weight is 510 g/mol. The summed E-state index contributed by atoms with van der Waals surface area (Å²) in [5, 5.41) is 6.38. The number of benzene rings is 2. The summed E-state index contributed by atoms with van der Waals surface area (Å²) in [5.41, 5.74) is 2.44. The number of carbonyl (C=O) groups is 2. The van der Waals surface area contributed by atoms with Gasteiger partial charge in [0.25, 0.3) is 5.91 Å². The molecule has 0 aliphatic carbocycles. The number of ether oxygens (including phenoxy) is 4. The number of likely N-dealkylation sites (tertiary alicyclic amines) is 1. The van der Waals surface area contributed by atoms with Crippen LogP contribution in [0.4, 0.5) is 0 Å². The van der Waals surface area contributed by atoms with Gasteiger partial charge in [0, 0.05) is 17.5 Å². The second-order valence-corrected chi connectivity index (χ2v) is 9.12. The van der Waals surface area contributed by atoms with Crippen molar-refractivity contribution in [3.63, 3.8) is 0 Å². The molecule has 2 aliphatic heterocycles. The zero-order valence-electron chi connectivity index (χ0n) is 21.9. The molecule has 0 saturated carbocycles. The van der Waals surface area contributed by atoms with E-state index in [1.54, 1.807) is 26.3 Å². The first kappa shape index (κ1) is 26.5. The Balaban J connectivity index is 1.59. The molecule has 1 saturated heterocycles. The second-order valence-electron chi connectivity index (χ2n) is 9.12. The minimum absolute atomic E-state index is 0.109. The summed E-state index contributed by atoms with van der Waals surface area (Å²) in [6, 6.07) is 12.9. The molecule has 0 N–H and O–H groups in total. The van der Waals surface area contributed by atoms with E-state index in [0.29, 0.717) is 56.2 Å². The quantitative estimate of drug-likeness (QED) is 0.477. The first-order valence-electron chi connectivity index (χ1n) is 12.6. The van der Waals surface area contributed by atoms with E-state index in [-0.39, 0.29) is 30.4 Å². The Kier molecular flexibility index (Phi) is 8.66. The summed E-state index contributed by atoms with van der Waals surface area (Å²) >= 11 is 0. The molecular formula is C28H35N3O6. The molecule has 0 aromatic heterocycles. The first-order valence-corrected chi connectivity index (χ1v) is 12.6. The van der Waals surface area contributed by atoms with Gasteiger partial charge in [-0.05, 0) is 63.2 Å². The van der Waals surface area contributed by atoms with Crippen molar-refractivity contribution in [2.45, 2.75) is 32.2 Å². The van der Waals surface area contributed by atoms with Crippen LogP contribution < -0.4 is 14.2 Å². The van der Waals surface area contributed by atoms with Crippen LogP contribution in [0.3, 0.4) is 0 Å². The maximum atomic E-state index is 13.7. The molecule has 1 unspecified atom stereocenters. The highest BCUT2D eigenvalue weighted by atomic mass is 16.5. The molecule has 0 spiro atoms. The molecule has 2 aromatic carbocycles. The van der Waals surface area contributed by atoms with E-state index < -0.39 is 0 Å². The Morgan fingerprint density at radius 3 is 2.38 bits per heavy atom. The van der Waals surface area contributed by atoms with E-state index in [1.807, 2.05) is 49.4 Å². The molecule has 9 nitrogen and oxygen atoms in total. The van der Waals surface area contributed by atoms with Gasteiger partial charge in [0.1, 0.15) is 17.2 Å². The fourth-order valence-corrected chi connectivity index (χ4v) is 4.98. The van der Waals surface area contributed by atoms with E-state index in [9.17, 15) is 9.59 Å². The van der Waals surface area contributed by atoms with Crippen LogP contribution in [-0.2, 0) is 14.3 Å². The van der Waals surface area contributed by atoms with Crippen LogP contribution in [0.25, 0.3) is 0 Å². The molecule has 37 heavy (non-hydrogen) atoms. The molecule has 4 rings (SSSR count). The molecule has 198 valence electrons. The number of hydrazone groups is 1. The lowest BCUT2D eigenvalue weighted by molar-refractivity contribution is -0.149. The third-order valence-corrected chi connectivity index (χ3v) is 6.95. The van der Waals surface area contributed by atoms with E-state index >= 15 is 0 Å². The van der Waals surface area contributed by atoms with Crippen molar-refractivity contribution in [3.8, 4) is 17.2 Å². The standard InChI is InChI=1S/C28H35N3O6/c1-5-37-28(33)19-12-14-30(15-13-19)18-27(32)31-24(22-16-20(34-2)10-11-26(22)36-4)17-23(29-31)21-8-6-7-9-25(21)35-3/h6-11,16,19,24H,5,12-15,17-18H2,1-4H3. The van der Waals surface area contributed by atoms with Crippen molar-refractivity contribution < 1.29 is 28.5 Å². The third-order valence-electron chi connectivity index (χ3n) is 6.95. The predicted molar refractivity (Wildman–Crippen MR) is 139 cm³/mol. The first-order chi connectivity index (χ1) is 18.0. The number of hydrogen-bond donors (Lipinski definition) is 0. The number of esters is 1. The maximum absolute atomic E-state index is 13.7. The minimum Gasteiger partial charge on any atom is -0.497 e. The lowest BCUT2D eigenvalue weighted by atomic mass is 9.96. The Morgan fingerprint density at radius 1 is 0.973 bits per heavy atom. The van der Waals surface area contributed by atoms with Gasteiger partial charge in [0.15, 0.2) is 0 Å². The van der Waals surface area contributed by atoms with E-state index in [4.69, 9.17) is 24.0 Å². The van der Waals surface area contributed by atoms with Crippen LogP contribution in [0.15, 0.2) is 47.6 Å². The zero-order chi connectivity index (χ0) is 26.4. The fraction of sp³-hybridized carbons (Fsp3) is 0.464. The van der Waals surface area contributed by atoms with E-state index in [1.165, 1.54) is 0 Å². The molecular weight excluding hydrogens is 474 g/mol. The Labute approximate surface area is 217 Å². The number of carbonyl (C=O) groups excluding carboxylic acids is 2. The smallest absolute Gasteiger partial charge is 0.309 e. The molecule has 2 aromatic rings. The predicted octanol–water partition coefficient (Wildman–Crippen LogP) is 3.67. The van der Waals surface area contributed by atoms with Crippen LogP contribution in [0.5, 0.6) is 17.2 Å². The minimum atomic E-state index is -0.366. The topological polar surface area (TPSA) is 89.9 Å². The summed E-state index contributed by atoms with van der Waals surface area (Å²) < 4.78 is 21.9. The highest BCUT2D eigenvalue weighted by Crippen LogP contribution is 2.40. The normalized spacial score (nSPS) is 18.3. The van der Waals surface area contributed by atoms with Crippen molar-refractivity contribution in [1.29, 1.82) is 0 Å². The number of nitrogens with zero attached hydrogens (tertiary/aromatic N) is 3. The third kappa shape index (κ3) is 5.88. The van der Waals surface area contributed by atoms with Crippen molar-refractivity contribution in [2.75, 3.05) is 47.6 Å². The van der Waals surface area contributed by atoms with Crippen LogP contribution in [0, 0.1) is 5.92 Å². The number of methoxy groups -OCH3 is 3. The lowest BCUT2D eigenvalue weighted by Gasteiger charge is -2.32. The molecule has 2 aliphatic rings. The highest BCUT2D eigenvalue weighted by molar-refractivity contribution is 6.05. The van der Waals surface area contributed by atoms with Crippen molar-refractivity contribution >= 4 is 17.6 Å². The lowest BCUT2D eigenvalue weighted by Crippen LogP contribution is -2.43. The van der Waals surface area contributed by atoms with Crippen LogP contribution >= 0.6 is 0 Å². The van der Waals surface area contributed by atoms with Crippen LogP contribution in [0.2, 0.25) is 0 Å². The zero-order valence-corrected chi connectivity index (χ0v) is 21.9. The molecule has 1 atom stereocenters.